The van der Waals surface area contributed by atoms with Crippen LogP contribution in [0.4, 0.5) is 0 Å². The number of nitrogens with zero attached hydrogens (tertiary/aromatic N) is 2. The summed E-state index contributed by atoms with van der Waals surface area (Å²) in [4.78, 5) is 2.54. The molecule has 1 aromatic carbocycles. The van der Waals surface area contributed by atoms with Gasteiger partial charge >= 0.3 is 0 Å². The van der Waals surface area contributed by atoms with Crippen LogP contribution in [0.2, 0.25) is 0 Å². The molecule has 1 saturated heterocycles. The van der Waals surface area contributed by atoms with Gasteiger partial charge in [-0.05, 0) is 64.2 Å². The van der Waals surface area contributed by atoms with Gasteiger partial charge in [0.15, 0.2) is 0 Å². The van der Waals surface area contributed by atoms with Crippen LogP contribution < -0.4 is 22.4 Å². The van der Waals surface area contributed by atoms with E-state index < -0.39 is 0 Å². The van der Waals surface area contributed by atoms with Gasteiger partial charge in [-0.3, -0.25) is 0 Å². The first kappa shape index (κ1) is 19.7. The highest BCUT2D eigenvalue weighted by molar-refractivity contribution is 5.81. The average molecular weight is 347 g/mol. The van der Waals surface area contributed by atoms with Gasteiger partial charge in [0.25, 0.3) is 0 Å². The summed E-state index contributed by atoms with van der Waals surface area (Å²) in [5.41, 5.74) is 2.53. The normalized spacial score (nSPS) is 19.2. The number of piperidine rings is 1. The lowest BCUT2D eigenvalue weighted by Crippen LogP contribution is -2.38. The molecule has 0 unspecified atom stereocenters. The Morgan fingerprint density at radius 1 is 1.00 bits per heavy atom. The Hall–Kier alpha value is -1.63. The van der Waals surface area contributed by atoms with Crippen LogP contribution in [0, 0.1) is 5.92 Å². The lowest BCUT2D eigenvalue weighted by Gasteiger charge is -2.32. The summed E-state index contributed by atoms with van der Waals surface area (Å²) < 4.78 is 0. The van der Waals surface area contributed by atoms with Crippen LogP contribution in [0.5, 0.6) is 0 Å². The number of hydrogen-bond donors (Lipinski definition) is 4. The third-order valence-electron chi connectivity index (χ3n) is 4.86. The maximum atomic E-state index is 5.30. The van der Waals surface area contributed by atoms with Crippen LogP contribution >= 0.6 is 0 Å². The molecule has 6 nitrogen and oxygen atoms in total. The molecular formula is C19H34N6. The van der Waals surface area contributed by atoms with Gasteiger partial charge in [-0.25, -0.2) is 5.84 Å². The van der Waals surface area contributed by atoms with Crippen LogP contribution in [0.3, 0.4) is 0 Å². The molecule has 0 aromatic heterocycles. The zero-order valence-electron chi connectivity index (χ0n) is 15.2. The molecule has 1 aromatic rings. The van der Waals surface area contributed by atoms with Crippen molar-refractivity contribution in [3.05, 3.63) is 36.4 Å². The number of benzene rings is 1. The number of hydrazine groups is 1. The van der Waals surface area contributed by atoms with Crippen molar-refractivity contribution in [3.63, 3.8) is 0 Å². The second kappa shape index (κ2) is 11.8. The summed E-state index contributed by atoms with van der Waals surface area (Å²) in [6, 6.07) is 12.8. The third kappa shape index (κ3) is 8.86. The predicted molar refractivity (Wildman–Crippen MR) is 105 cm³/mol. The molecule has 0 radical (unpaired) electrons. The zero-order chi connectivity index (χ0) is 17.7. The Morgan fingerprint density at radius 2 is 1.60 bits per heavy atom. The molecule has 1 aliphatic heterocycles. The largest absolute Gasteiger partial charge is 0.322 e. The van der Waals surface area contributed by atoms with Crippen molar-refractivity contribution in [2.75, 3.05) is 26.2 Å². The fourth-order valence-electron chi connectivity index (χ4n) is 3.06. The van der Waals surface area contributed by atoms with Crippen molar-refractivity contribution < 1.29 is 0 Å². The number of amidine groups is 1. The molecule has 0 amide bonds. The van der Waals surface area contributed by atoms with E-state index in [4.69, 9.17) is 11.7 Å². The second-order valence-corrected chi connectivity index (χ2v) is 6.95. The quantitative estimate of drug-likeness (QED) is 0.261. The minimum Gasteiger partial charge on any atom is -0.322 e. The van der Waals surface area contributed by atoms with E-state index in [1.807, 2.05) is 36.4 Å². The lowest BCUT2D eigenvalue weighted by atomic mass is 9.96. The highest BCUT2D eigenvalue weighted by Gasteiger charge is 2.24. The maximum absolute atomic E-state index is 5.30. The summed E-state index contributed by atoms with van der Waals surface area (Å²) in [6.45, 7) is 4.79. The molecule has 2 aliphatic rings. The van der Waals surface area contributed by atoms with Crippen LogP contribution in [-0.4, -0.2) is 43.0 Å². The van der Waals surface area contributed by atoms with E-state index in [0.29, 0.717) is 5.84 Å². The topological polar surface area (TPSA) is 91.7 Å². The summed E-state index contributed by atoms with van der Waals surface area (Å²) in [5, 5.41) is 7.25. The summed E-state index contributed by atoms with van der Waals surface area (Å²) in [5.74, 6) is 12.1. The second-order valence-electron chi connectivity index (χ2n) is 6.95. The Bertz CT molecular complexity index is 439. The van der Waals surface area contributed by atoms with Crippen molar-refractivity contribution in [3.8, 4) is 0 Å². The molecule has 1 saturated carbocycles. The molecular weight excluding hydrogens is 312 g/mol. The number of rotatable bonds is 7. The van der Waals surface area contributed by atoms with Crippen molar-refractivity contribution >= 4 is 5.84 Å². The first-order chi connectivity index (χ1) is 12.3. The predicted octanol–water partition coefficient (Wildman–Crippen LogP) is 1.65. The van der Waals surface area contributed by atoms with E-state index in [1.165, 1.54) is 45.3 Å². The molecule has 2 fully saturated rings. The summed E-state index contributed by atoms with van der Waals surface area (Å²) in [6.07, 6.45) is 7.32. The first-order valence-electron chi connectivity index (χ1n) is 9.51. The molecule has 1 heterocycles. The van der Waals surface area contributed by atoms with Gasteiger partial charge in [-0.15, -0.1) is 0 Å². The fourth-order valence-corrected chi connectivity index (χ4v) is 3.06. The van der Waals surface area contributed by atoms with Crippen molar-refractivity contribution in [1.82, 2.24) is 15.6 Å². The number of hydrogen-bond acceptors (Lipinski definition) is 5. The molecule has 6 N–H and O–H groups in total. The number of nitrogens with one attached hydrogen (secondary N) is 2. The lowest BCUT2D eigenvalue weighted by molar-refractivity contribution is 0.181. The summed E-state index contributed by atoms with van der Waals surface area (Å²) >= 11 is 0. The smallest absolute Gasteiger partial charge is 0.135 e. The Kier molecular flexibility index (Phi) is 9.33. The van der Waals surface area contributed by atoms with Gasteiger partial charge in [0.05, 0.1) is 0 Å². The first-order valence-corrected chi connectivity index (χ1v) is 9.51. The number of likely N-dealkylation sites (tertiary alicyclic amines) is 1. The number of nitrogens with two attached hydrogens (primary N) is 2. The van der Waals surface area contributed by atoms with Gasteiger partial charge < -0.3 is 21.5 Å². The highest BCUT2D eigenvalue weighted by Crippen LogP contribution is 2.21. The van der Waals surface area contributed by atoms with E-state index in [1.54, 1.807) is 0 Å². The molecule has 0 atom stereocenters. The molecule has 6 heteroatoms. The molecule has 25 heavy (non-hydrogen) atoms. The molecule has 0 bridgehead atoms. The van der Waals surface area contributed by atoms with E-state index in [9.17, 15) is 0 Å². The van der Waals surface area contributed by atoms with Crippen molar-refractivity contribution in [2.24, 2.45) is 22.7 Å². The van der Waals surface area contributed by atoms with E-state index in [0.717, 1.165) is 31.3 Å². The number of hydrazone groups is 1. The maximum Gasteiger partial charge on any atom is 0.135 e. The van der Waals surface area contributed by atoms with Gasteiger partial charge in [0, 0.05) is 12.5 Å². The van der Waals surface area contributed by atoms with Crippen LogP contribution in [0.1, 0.15) is 38.5 Å². The summed E-state index contributed by atoms with van der Waals surface area (Å²) in [7, 11) is 0. The van der Waals surface area contributed by atoms with Crippen LogP contribution in [0.25, 0.3) is 0 Å². The average Bonchev–Trinajstić information content (AvgIpc) is 3.51. The van der Waals surface area contributed by atoms with Crippen molar-refractivity contribution in [1.29, 1.82) is 0 Å². The Balaban J connectivity index is 0.000000316. The van der Waals surface area contributed by atoms with Crippen molar-refractivity contribution in [2.45, 2.75) is 44.6 Å². The highest BCUT2D eigenvalue weighted by atomic mass is 15.3. The van der Waals surface area contributed by atoms with E-state index in [-0.39, 0.29) is 0 Å². The zero-order valence-corrected chi connectivity index (χ0v) is 15.2. The minimum atomic E-state index is 0.684. The van der Waals surface area contributed by atoms with Gasteiger partial charge in [0.1, 0.15) is 5.84 Å². The van der Waals surface area contributed by atoms with Crippen LogP contribution in [-0.2, 0) is 0 Å². The standard InChI is InChI=1S/C13H28N6.C6H6/c14-17-13(18-15)2-1-7-19-8-5-11(6-9-19)10-16-12-3-4-12;1-2-4-6-5-3-1/h11-12,16H,1-10,14-15H2,(H,17,18);1-6H. The minimum absolute atomic E-state index is 0.684. The van der Waals surface area contributed by atoms with E-state index >= 15 is 0 Å². The SMILES string of the molecule is N/N=C(/CCCN1CCC(CNC2CC2)CC1)NN.c1ccccc1. The van der Waals surface area contributed by atoms with Crippen LogP contribution in [0.15, 0.2) is 41.5 Å². The monoisotopic (exact) mass is 346 g/mol. The Labute approximate surface area is 152 Å². The molecule has 0 spiro atoms. The molecule has 3 rings (SSSR count). The van der Waals surface area contributed by atoms with Gasteiger partial charge in [0.2, 0.25) is 0 Å². The van der Waals surface area contributed by atoms with E-state index in [2.05, 4.69) is 20.7 Å². The third-order valence-corrected chi connectivity index (χ3v) is 4.86. The van der Waals surface area contributed by atoms with Gasteiger partial charge in [-0.1, -0.05) is 36.4 Å². The molecule has 1 aliphatic carbocycles. The fraction of sp³-hybridized carbons (Fsp3) is 0.632. The molecule has 140 valence electrons. The Morgan fingerprint density at radius 3 is 2.08 bits per heavy atom. The van der Waals surface area contributed by atoms with Gasteiger partial charge in [-0.2, -0.15) is 5.10 Å².